The number of hydrogen-bond donors (Lipinski definition) is 2. The molecule has 2 aromatic carbocycles. The minimum Gasteiger partial charge on any atom is -0.491 e. The summed E-state index contributed by atoms with van der Waals surface area (Å²) in [6.07, 6.45) is 7.22. The zero-order valence-electron chi connectivity index (χ0n) is 26.2. The highest BCUT2D eigenvalue weighted by molar-refractivity contribution is 5.32. The predicted octanol–water partition coefficient (Wildman–Crippen LogP) is 7.99. The van der Waals surface area contributed by atoms with Crippen LogP contribution in [0.5, 0.6) is 11.5 Å². The molecule has 0 aliphatic heterocycles. The predicted molar refractivity (Wildman–Crippen MR) is 166 cm³/mol. The molecular weight excluding hydrogens is 500 g/mol. The first-order valence-corrected chi connectivity index (χ1v) is 15.5. The largest absolute Gasteiger partial charge is 0.491 e. The molecule has 3 atom stereocenters. The Morgan fingerprint density at radius 1 is 0.700 bits per heavy atom. The standard InChI is InChI=1S/C35H56O5/c1-8-11-13-23-34(4,5)27-15-19-29(20-16-27)39-26-31(37)33(38-10-3)32(25-36)40-30-21-17-28(18-22-30)35(6,7)24-14-12-9-2/h15-22,31-33,36-37H,8-14,23-26H2,1-7H3. The lowest BCUT2D eigenvalue weighted by Crippen LogP contribution is -2.47. The second-order valence-corrected chi connectivity index (χ2v) is 12.4. The van der Waals surface area contributed by atoms with E-state index in [2.05, 4.69) is 65.8 Å². The third-order valence-electron chi connectivity index (χ3n) is 8.08. The van der Waals surface area contributed by atoms with Crippen LogP contribution in [-0.4, -0.2) is 48.3 Å². The summed E-state index contributed by atoms with van der Waals surface area (Å²) in [5, 5.41) is 21.1. The van der Waals surface area contributed by atoms with Crippen molar-refractivity contribution >= 4 is 0 Å². The summed E-state index contributed by atoms with van der Waals surface area (Å²) in [7, 11) is 0. The molecule has 3 unspecified atom stereocenters. The third kappa shape index (κ3) is 10.7. The normalized spacial score (nSPS) is 14.5. The van der Waals surface area contributed by atoms with E-state index in [-0.39, 0.29) is 24.0 Å². The molecule has 40 heavy (non-hydrogen) atoms. The zero-order valence-corrected chi connectivity index (χ0v) is 26.2. The Morgan fingerprint density at radius 2 is 1.18 bits per heavy atom. The van der Waals surface area contributed by atoms with Crippen LogP contribution in [0.25, 0.3) is 0 Å². The SMILES string of the molecule is CCCCCC(C)(C)c1ccc(OCC(O)C(OCC)C(CO)Oc2ccc(C(C)(C)CCCCC)cc2)cc1. The number of hydrogen-bond acceptors (Lipinski definition) is 5. The molecule has 0 heterocycles. The van der Waals surface area contributed by atoms with Crippen molar-refractivity contribution in [2.75, 3.05) is 19.8 Å². The van der Waals surface area contributed by atoms with Crippen molar-refractivity contribution in [3.05, 3.63) is 59.7 Å². The van der Waals surface area contributed by atoms with E-state index < -0.39 is 18.3 Å². The van der Waals surface area contributed by atoms with Crippen molar-refractivity contribution in [2.24, 2.45) is 0 Å². The minimum atomic E-state index is -0.973. The molecule has 2 N–H and O–H groups in total. The van der Waals surface area contributed by atoms with Gasteiger partial charge in [-0.2, -0.15) is 0 Å². The lowest BCUT2D eigenvalue weighted by atomic mass is 9.80. The lowest BCUT2D eigenvalue weighted by molar-refractivity contribution is -0.110. The van der Waals surface area contributed by atoms with Crippen LogP contribution in [0.1, 0.15) is 111 Å². The Labute approximate surface area is 244 Å². The molecular formula is C35H56O5. The van der Waals surface area contributed by atoms with E-state index in [4.69, 9.17) is 14.2 Å². The van der Waals surface area contributed by atoms with Crippen LogP contribution in [0.15, 0.2) is 48.5 Å². The van der Waals surface area contributed by atoms with Gasteiger partial charge in [-0.15, -0.1) is 0 Å². The van der Waals surface area contributed by atoms with Crippen molar-refractivity contribution in [3.63, 3.8) is 0 Å². The Hall–Kier alpha value is -2.08. The van der Waals surface area contributed by atoms with Gasteiger partial charge in [0.05, 0.1) is 6.61 Å². The Kier molecular flexibility index (Phi) is 14.5. The molecule has 0 bridgehead atoms. The topological polar surface area (TPSA) is 68.2 Å². The monoisotopic (exact) mass is 556 g/mol. The van der Waals surface area contributed by atoms with Crippen LogP contribution in [-0.2, 0) is 15.6 Å². The summed E-state index contributed by atoms with van der Waals surface area (Å²) in [5.41, 5.74) is 2.76. The Bertz CT molecular complexity index is 935. The highest BCUT2D eigenvalue weighted by Gasteiger charge is 2.31. The molecule has 0 spiro atoms. The maximum absolute atomic E-state index is 11.0. The first-order valence-electron chi connectivity index (χ1n) is 15.5. The smallest absolute Gasteiger partial charge is 0.150 e. The lowest BCUT2D eigenvalue weighted by Gasteiger charge is -2.30. The summed E-state index contributed by atoms with van der Waals surface area (Å²) >= 11 is 0. The number of rotatable bonds is 20. The number of aliphatic hydroxyl groups excluding tert-OH is 2. The minimum absolute atomic E-state index is 0.0364. The Balaban J connectivity index is 2.00. The molecule has 5 nitrogen and oxygen atoms in total. The zero-order chi connectivity index (χ0) is 29.6. The van der Waals surface area contributed by atoms with Gasteiger partial charge in [-0.25, -0.2) is 0 Å². The van der Waals surface area contributed by atoms with Gasteiger partial charge in [0.15, 0.2) is 6.10 Å². The first-order chi connectivity index (χ1) is 19.1. The highest BCUT2D eigenvalue weighted by Crippen LogP contribution is 2.32. The molecule has 226 valence electrons. The van der Waals surface area contributed by atoms with Crippen LogP contribution in [0.2, 0.25) is 0 Å². The van der Waals surface area contributed by atoms with Gasteiger partial charge >= 0.3 is 0 Å². The van der Waals surface area contributed by atoms with Gasteiger partial charge in [0.1, 0.15) is 30.3 Å². The average Bonchev–Trinajstić information content (AvgIpc) is 2.94. The number of aliphatic hydroxyl groups is 2. The maximum Gasteiger partial charge on any atom is 0.150 e. The van der Waals surface area contributed by atoms with E-state index in [9.17, 15) is 10.2 Å². The first kappa shape index (κ1) is 34.1. The molecule has 0 radical (unpaired) electrons. The van der Waals surface area contributed by atoms with Crippen LogP contribution < -0.4 is 9.47 Å². The number of ether oxygens (including phenoxy) is 3. The summed E-state index contributed by atoms with van der Waals surface area (Å²) in [6.45, 7) is 15.6. The van der Waals surface area contributed by atoms with Crippen molar-refractivity contribution in [3.8, 4) is 11.5 Å². The molecule has 2 aromatic rings. The molecule has 0 saturated heterocycles. The van der Waals surface area contributed by atoms with E-state index in [1.54, 1.807) is 0 Å². The Morgan fingerprint density at radius 3 is 1.60 bits per heavy atom. The van der Waals surface area contributed by atoms with Gasteiger partial charge < -0.3 is 24.4 Å². The van der Waals surface area contributed by atoms with Crippen LogP contribution >= 0.6 is 0 Å². The molecule has 2 rings (SSSR count). The fourth-order valence-corrected chi connectivity index (χ4v) is 5.23. The van der Waals surface area contributed by atoms with E-state index >= 15 is 0 Å². The van der Waals surface area contributed by atoms with E-state index in [0.29, 0.717) is 18.1 Å². The average molecular weight is 557 g/mol. The van der Waals surface area contributed by atoms with Gasteiger partial charge in [-0.1, -0.05) is 104 Å². The molecule has 0 aliphatic carbocycles. The van der Waals surface area contributed by atoms with Gasteiger partial charge in [0, 0.05) is 6.61 Å². The quantitative estimate of drug-likeness (QED) is 0.162. The van der Waals surface area contributed by atoms with Gasteiger partial charge in [0.25, 0.3) is 0 Å². The summed E-state index contributed by atoms with van der Waals surface area (Å²) < 4.78 is 17.9. The van der Waals surface area contributed by atoms with Crippen molar-refractivity contribution in [1.82, 2.24) is 0 Å². The van der Waals surface area contributed by atoms with E-state index in [1.807, 2.05) is 31.2 Å². The van der Waals surface area contributed by atoms with E-state index in [1.165, 1.54) is 49.7 Å². The molecule has 0 fully saturated rings. The van der Waals surface area contributed by atoms with Crippen molar-refractivity contribution in [2.45, 2.75) is 129 Å². The fourth-order valence-electron chi connectivity index (χ4n) is 5.23. The summed E-state index contributed by atoms with van der Waals surface area (Å²) in [6, 6.07) is 16.2. The highest BCUT2D eigenvalue weighted by atomic mass is 16.6. The third-order valence-corrected chi connectivity index (χ3v) is 8.08. The second-order valence-electron chi connectivity index (χ2n) is 12.4. The number of unbranched alkanes of at least 4 members (excludes halogenated alkanes) is 4. The molecule has 0 amide bonds. The molecule has 0 saturated carbocycles. The van der Waals surface area contributed by atoms with Crippen LogP contribution in [0, 0.1) is 0 Å². The van der Waals surface area contributed by atoms with Crippen LogP contribution in [0.3, 0.4) is 0 Å². The summed E-state index contributed by atoms with van der Waals surface area (Å²) in [5.74, 6) is 1.34. The maximum atomic E-state index is 11.0. The van der Waals surface area contributed by atoms with Crippen LogP contribution in [0.4, 0.5) is 0 Å². The fraction of sp³-hybridized carbons (Fsp3) is 0.657. The molecule has 0 aromatic heterocycles. The molecule has 5 heteroatoms. The summed E-state index contributed by atoms with van der Waals surface area (Å²) in [4.78, 5) is 0. The van der Waals surface area contributed by atoms with E-state index in [0.717, 1.165) is 12.8 Å². The van der Waals surface area contributed by atoms with Gasteiger partial charge in [0.2, 0.25) is 0 Å². The van der Waals surface area contributed by atoms with Gasteiger partial charge in [-0.05, 0) is 66.0 Å². The van der Waals surface area contributed by atoms with Gasteiger partial charge in [-0.3, -0.25) is 0 Å². The van der Waals surface area contributed by atoms with Crippen molar-refractivity contribution in [1.29, 1.82) is 0 Å². The second kappa shape index (κ2) is 17.0. The van der Waals surface area contributed by atoms with Crippen molar-refractivity contribution < 1.29 is 24.4 Å². The number of benzene rings is 2. The molecule has 0 aliphatic rings.